The van der Waals surface area contributed by atoms with Gasteiger partial charge in [0, 0.05) is 6.61 Å². The Morgan fingerprint density at radius 2 is 2.08 bits per heavy atom. The molecular weight excluding hydrogens is 168 g/mol. The fourth-order valence-electron chi connectivity index (χ4n) is 1.88. The summed E-state index contributed by atoms with van der Waals surface area (Å²) in [5.41, 5.74) is 0.0323. The second-order valence-corrected chi connectivity index (χ2v) is 4.27. The Morgan fingerprint density at radius 3 is 2.46 bits per heavy atom. The van der Waals surface area contributed by atoms with E-state index in [2.05, 4.69) is 6.92 Å². The third-order valence-electron chi connectivity index (χ3n) is 3.11. The van der Waals surface area contributed by atoms with Crippen LogP contribution in [0, 0.1) is 11.3 Å². The number of carbonyl (C=O) groups is 1. The number of rotatable bonds is 2. The van der Waals surface area contributed by atoms with Crippen LogP contribution in [0.15, 0.2) is 0 Å². The minimum Gasteiger partial charge on any atom is -0.469 e. The van der Waals surface area contributed by atoms with Crippen LogP contribution in [0.3, 0.4) is 0 Å². The van der Waals surface area contributed by atoms with Crippen molar-refractivity contribution in [2.75, 3.05) is 13.7 Å². The smallest absolute Gasteiger partial charge is 0.308 e. The molecule has 0 heterocycles. The van der Waals surface area contributed by atoms with Crippen LogP contribution in [0.4, 0.5) is 0 Å². The molecule has 0 aromatic heterocycles. The maximum Gasteiger partial charge on any atom is 0.308 e. The fourth-order valence-corrected chi connectivity index (χ4v) is 1.88. The van der Waals surface area contributed by atoms with E-state index >= 15 is 0 Å². The standard InChI is InChI=1S/C10H18O3/c1-10(7-11)5-3-8(4-6-10)9(12)13-2/h8,11H,3-7H2,1-2H3. The number of aliphatic hydroxyl groups is 1. The Balaban J connectivity index is 2.43. The highest BCUT2D eigenvalue weighted by Gasteiger charge is 2.33. The first-order chi connectivity index (χ1) is 6.11. The molecule has 1 N–H and O–H groups in total. The van der Waals surface area contributed by atoms with Gasteiger partial charge in [-0.15, -0.1) is 0 Å². The fraction of sp³-hybridized carbons (Fsp3) is 0.900. The Bertz CT molecular complexity index is 181. The minimum absolute atomic E-state index is 0.0323. The molecule has 13 heavy (non-hydrogen) atoms. The third-order valence-corrected chi connectivity index (χ3v) is 3.11. The summed E-state index contributed by atoms with van der Waals surface area (Å²) in [7, 11) is 1.43. The van der Waals surface area contributed by atoms with E-state index < -0.39 is 0 Å². The average Bonchev–Trinajstić information content (AvgIpc) is 2.18. The minimum atomic E-state index is -0.0972. The summed E-state index contributed by atoms with van der Waals surface area (Å²) >= 11 is 0. The van der Waals surface area contributed by atoms with Gasteiger partial charge in [0.25, 0.3) is 0 Å². The van der Waals surface area contributed by atoms with Crippen LogP contribution < -0.4 is 0 Å². The zero-order valence-electron chi connectivity index (χ0n) is 8.38. The van der Waals surface area contributed by atoms with Crippen LogP contribution in [-0.2, 0) is 9.53 Å². The lowest BCUT2D eigenvalue weighted by atomic mass is 9.72. The largest absolute Gasteiger partial charge is 0.469 e. The predicted molar refractivity (Wildman–Crippen MR) is 49.2 cm³/mol. The molecule has 0 aromatic rings. The average molecular weight is 186 g/mol. The number of aliphatic hydroxyl groups excluding tert-OH is 1. The summed E-state index contributed by atoms with van der Waals surface area (Å²) in [6.07, 6.45) is 3.54. The monoisotopic (exact) mass is 186 g/mol. The Labute approximate surface area is 79.1 Å². The van der Waals surface area contributed by atoms with Gasteiger partial charge in [-0.25, -0.2) is 0 Å². The maximum absolute atomic E-state index is 11.2. The summed E-state index contributed by atoms with van der Waals surface area (Å²) in [4.78, 5) is 11.2. The molecule has 0 unspecified atom stereocenters. The first-order valence-corrected chi connectivity index (χ1v) is 4.80. The number of esters is 1. The van der Waals surface area contributed by atoms with Crippen molar-refractivity contribution in [3.63, 3.8) is 0 Å². The van der Waals surface area contributed by atoms with E-state index in [9.17, 15) is 4.79 Å². The Hall–Kier alpha value is -0.570. The quantitative estimate of drug-likeness (QED) is 0.662. The van der Waals surface area contributed by atoms with Crippen LogP contribution >= 0.6 is 0 Å². The molecular formula is C10H18O3. The van der Waals surface area contributed by atoms with Crippen LogP contribution in [0.2, 0.25) is 0 Å². The van der Waals surface area contributed by atoms with Crippen molar-refractivity contribution in [2.24, 2.45) is 11.3 Å². The molecule has 3 nitrogen and oxygen atoms in total. The molecule has 1 aliphatic rings. The van der Waals surface area contributed by atoms with Gasteiger partial charge >= 0.3 is 5.97 Å². The van der Waals surface area contributed by atoms with Gasteiger partial charge in [0.05, 0.1) is 13.0 Å². The summed E-state index contributed by atoms with van der Waals surface area (Å²) in [6.45, 7) is 2.29. The van der Waals surface area contributed by atoms with Crippen molar-refractivity contribution in [2.45, 2.75) is 32.6 Å². The van der Waals surface area contributed by atoms with Crippen LogP contribution in [0.5, 0.6) is 0 Å². The summed E-state index contributed by atoms with van der Waals surface area (Å²) in [6, 6.07) is 0. The predicted octanol–water partition coefficient (Wildman–Crippen LogP) is 1.35. The van der Waals surface area contributed by atoms with Crippen molar-refractivity contribution in [3.8, 4) is 0 Å². The van der Waals surface area contributed by atoms with Crippen LogP contribution in [0.25, 0.3) is 0 Å². The number of ether oxygens (including phenoxy) is 1. The molecule has 0 atom stereocenters. The van der Waals surface area contributed by atoms with Gasteiger partial charge in [-0.05, 0) is 31.1 Å². The third kappa shape index (κ3) is 2.44. The summed E-state index contributed by atoms with van der Waals surface area (Å²) in [5.74, 6) is -0.0374. The first kappa shape index (κ1) is 10.5. The highest BCUT2D eigenvalue weighted by Crippen LogP contribution is 2.38. The topological polar surface area (TPSA) is 46.5 Å². The maximum atomic E-state index is 11.2. The van der Waals surface area contributed by atoms with Crippen molar-refractivity contribution in [1.82, 2.24) is 0 Å². The van der Waals surface area contributed by atoms with Gasteiger partial charge in [-0.2, -0.15) is 0 Å². The van der Waals surface area contributed by atoms with Crippen LogP contribution in [0.1, 0.15) is 32.6 Å². The van der Waals surface area contributed by atoms with E-state index in [0.717, 1.165) is 25.7 Å². The molecule has 0 radical (unpaired) electrons. The highest BCUT2D eigenvalue weighted by atomic mass is 16.5. The van der Waals surface area contributed by atoms with E-state index in [-0.39, 0.29) is 23.9 Å². The summed E-state index contributed by atoms with van der Waals surface area (Å²) in [5, 5.41) is 9.12. The molecule has 3 heteroatoms. The lowest BCUT2D eigenvalue weighted by Gasteiger charge is -2.34. The van der Waals surface area contributed by atoms with Gasteiger partial charge < -0.3 is 9.84 Å². The van der Waals surface area contributed by atoms with Crippen molar-refractivity contribution in [1.29, 1.82) is 0 Å². The van der Waals surface area contributed by atoms with E-state index in [1.807, 2.05) is 0 Å². The Kier molecular flexibility index (Phi) is 3.31. The molecule has 0 bridgehead atoms. The van der Waals surface area contributed by atoms with Gasteiger partial charge in [0.1, 0.15) is 0 Å². The molecule has 1 rings (SSSR count). The molecule has 0 saturated heterocycles. The SMILES string of the molecule is COC(=O)C1CCC(C)(CO)CC1. The van der Waals surface area contributed by atoms with E-state index in [4.69, 9.17) is 9.84 Å². The highest BCUT2D eigenvalue weighted by molar-refractivity contribution is 5.72. The number of hydrogen-bond donors (Lipinski definition) is 1. The second-order valence-electron chi connectivity index (χ2n) is 4.27. The first-order valence-electron chi connectivity index (χ1n) is 4.80. The van der Waals surface area contributed by atoms with Gasteiger partial charge in [0.2, 0.25) is 0 Å². The molecule has 76 valence electrons. The molecule has 1 fully saturated rings. The second kappa shape index (κ2) is 4.09. The van der Waals surface area contributed by atoms with Gasteiger partial charge in [0.15, 0.2) is 0 Å². The van der Waals surface area contributed by atoms with Crippen molar-refractivity contribution in [3.05, 3.63) is 0 Å². The number of hydrogen-bond acceptors (Lipinski definition) is 3. The van der Waals surface area contributed by atoms with E-state index in [0.29, 0.717) is 0 Å². The summed E-state index contributed by atoms with van der Waals surface area (Å²) < 4.78 is 4.69. The molecule has 1 aliphatic carbocycles. The molecule has 0 amide bonds. The molecule has 0 spiro atoms. The lowest BCUT2D eigenvalue weighted by Crippen LogP contribution is -2.31. The molecule has 1 saturated carbocycles. The lowest BCUT2D eigenvalue weighted by molar-refractivity contribution is -0.147. The molecule has 0 aromatic carbocycles. The zero-order valence-corrected chi connectivity index (χ0v) is 8.38. The number of methoxy groups -OCH3 is 1. The Morgan fingerprint density at radius 1 is 1.54 bits per heavy atom. The van der Waals surface area contributed by atoms with Gasteiger partial charge in [-0.3, -0.25) is 4.79 Å². The zero-order chi connectivity index (χ0) is 9.90. The van der Waals surface area contributed by atoms with Crippen LogP contribution in [-0.4, -0.2) is 24.8 Å². The van der Waals surface area contributed by atoms with Crippen molar-refractivity contribution < 1.29 is 14.6 Å². The number of carbonyl (C=O) groups excluding carboxylic acids is 1. The molecule has 0 aliphatic heterocycles. The van der Waals surface area contributed by atoms with E-state index in [1.165, 1.54) is 7.11 Å². The normalized spacial score (nSPS) is 34.2. The van der Waals surface area contributed by atoms with E-state index in [1.54, 1.807) is 0 Å². The van der Waals surface area contributed by atoms with Gasteiger partial charge in [-0.1, -0.05) is 6.92 Å². The van der Waals surface area contributed by atoms with Crippen molar-refractivity contribution >= 4 is 5.97 Å².